The third-order valence-electron chi connectivity index (χ3n) is 6.23. The fraction of sp³-hybridized carbons (Fsp3) is 0.385. The standard InChI is InChI=1S/C26H30N4O3S/c1-17-15-29(16-21-13-24(33-28-21)20-7-5-4-6-8-20)11-12-30(17)26(18(2)31)32-22-9-10-25-23(14-22)27-19(3)34-25/h4-10,13-14,17-18,26,31H,11-12,15-16H2,1-3H3/t17-,18+,26?/m1/s1. The van der Waals surface area contributed by atoms with E-state index in [1.165, 1.54) is 0 Å². The quantitative estimate of drug-likeness (QED) is 0.418. The molecule has 1 unspecified atom stereocenters. The van der Waals surface area contributed by atoms with Crippen molar-refractivity contribution in [1.82, 2.24) is 19.9 Å². The van der Waals surface area contributed by atoms with Crippen LogP contribution in [0.1, 0.15) is 24.5 Å². The van der Waals surface area contributed by atoms with Crippen LogP contribution in [-0.2, 0) is 6.54 Å². The number of benzene rings is 2. The second-order valence-corrected chi connectivity index (χ2v) is 10.2. The lowest BCUT2D eigenvalue weighted by Crippen LogP contribution is -2.59. The molecular weight excluding hydrogens is 448 g/mol. The van der Waals surface area contributed by atoms with Gasteiger partial charge >= 0.3 is 0 Å². The van der Waals surface area contributed by atoms with Gasteiger partial charge in [-0.2, -0.15) is 0 Å². The zero-order chi connectivity index (χ0) is 23.7. The van der Waals surface area contributed by atoms with E-state index in [9.17, 15) is 5.11 Å². The predicted molar refractivity (Wildman–Crippen MR) is 134 cm³/mol. The maximum absolute atomic E-state index is 10.6. The van der Waals surface area contributed by atoms with Gasteiger partial charge in [0.25, 0.3) is 0 Å². The number of hydrogen-bond donors (Lipinski definition) is 1. The maximum atomic E-state index is 10.6. The second kappa shape index (κ2) is 9.84. The Balaban J connectivity index is 1.23. The molecule has 0 radical (unpaired) electrons. The van der Waals surface area contributed by atoms with Gasteiger partial charge in [0.2, 0.25) is 0 Å². The first kappa shape index (κ1) is 23.0. The highest BCUT2D eigenvalue weighted by Gasteiger charge is 2.33. The Morgan fingerprint density at radius 3 is 2.76 bits per heavy atom. The smallest absolute Gasteiger partial charge is 0.178 e. The molecule has 0 bridgehead atoms. The number of hydrogen-bond acceptors (Lipinski definition) is 8. The highest BCUT2D eigenvalue weighted by Crippen LogP contribution is 2.28. The third-order valence-corrected chi connectivity index (χ3v) is 7.18. The van der Waals surface area contributed by atoms with Crippen LogP contribution in [0.4, 0.5) is 0 Å². The molecule has 0 saturated carbocycles. The van der Waals surface area contributed by atoms with Crippen molar-refractivity contribution in [1.29, 1.82) is 0 Å². The van der Waals surface area contributed by atoms with Gasteiger partial charge in [0.15, 0.2) is 12.0 Å². The van der Waals surface area contributed by atoms with Gasteiger partial charge in [0.05, 0.1) is 20.9 Å². The van der Waals surface area contributed by atoms with Crippen LogP contribution in [-0.4, -0.2) is 63.1 Å². The molecule has 2 aromatic carbocycles. The van der Waals surface area contributed by atoms with Crippen LogP contribution >= 0.6 is 11.3 Å². The number of rotatable bonds is 7. The highest BCUT2D eigenvalue weighted by atomic mass is 32.1. The van der Waals surface area contributed by atoms with E-state index in [4.69, 9.17) is 9.26 Å². The summed E-state index contributed by atoms with van der Waals surface area (Å²) in [4.78, 5) is 9.18. The zero-order valence-corrected chi connectivity index (χ0v) is 20.5. The second-order valence-electron chi connectivity index (χ2n) is 8.98. The molecule has 0 amide bonds. The lowest BCUT2D eigenvalue weighted by Gasteiger charge is -2.44. The van der Waals surface area contributed by atoms with Gasteiger partial charge in [0.1, 0.15) is 11.9 Å². The van der Waals surface area contributed by atoms with E-state index in [1.807, 2.05) is 61.5 Å². The molecule has 3 heterocycles. The van der Waals surface area contributed by atoms with Crippen molar-refractivity contribution in [3.8, 4) is 17.1 Å². The minimum absolute atomic E-state index is 0.207. The van der Waals surface area contributed by atoms with Crippen LogP contribution in [0.25, 0.3) is 21.5 Å². The number of thiazole rings is 1. The molecule has 4 aromatic rings. The van der Waals surface area contributed by atoms with Crippen molar-refractivity contribution >= 4 is 21.6 Å². The number of aryl methyl sites for hydroxylation is 1. The first-order chi connectivity index (χ1) is 16.5. The number of aliphatic hydroxyl groups is 1. The Morgan fingerprint density at radius 1 is 1.18 bits per heavy atom. The summed E-state index contributed by atoms with van der Waals surface area (Å²) in [5.41, 5.74) is 2.89. The van der Waals surface area contributed by atoms with E-state index in [2.05, 4.69) is 26.9 Å². The van der Waals surface area contributed by atoms with Crippen molar-refractivity contribution in [2.45, 2.75) is 45.7 Å². The summed E-state index contributed by atoms with van der Waals surface area (Å²) >= 11 is 1.67. The Labute approximate surface area is 203 Å². The highest BCUT2D eigenvalue weighted by molar-refractivity contribution is 7.18. The normalized spacial score (nSPS) is 19.4. The molecule has 7 nitrogen and oxygen atoms in total. The van der Waals surface area contributed by atoms with Crippen LogP contribution in [0, 0.1) is 6.92 Å². The molecule has 1 aliphatic heterocycles. The number of nitrogens with zero attached hydrogens (tertiary/aromatic N) is 4. The number of aliphatic hydroxyl groups excluding tert-OH is 1. The number of ether oxygens (including phenoxy) is 1. The summed E-state index contributed by atoms with van der Waals surface area (Å²) < 4.78 is 13.0. The van der Waals surface area contributed by atoms with Gasteiger partial charge in [-0.15, -0.1) is 11.3 Å². The molecule has 1 N–H and O–H groups in total. The molecule has 0 spiro atoms. The van der Waals surface area contributed by atoms with Crippen molar-refractivity contribution in [3.63, 3.8) is 0 Å². The van der Waals surface area contributed by atoms with Gasteiger partial charge in [-0.3, -0.25) is 9.80 Å². The third kappa shape index (κ3) is 5.00. The molecule has 2 aromatic heterocycles. The first-order valence-electron chi connectivity index (χ1n) is 11.7. The largest absolute Gasteiger partial charge is 0.472 e. The fourth-order valence-corrected chi connectivity index (χ4v) is 5.41. The molecule has 8 heteroatoms. The molecule has 5 rings (SSSR count). The number of fused-ring (bicyclic) bond motifs is 1. The van der Waals surface area contributed by atoms with E-state index in [0.717, 1.165) is 64.2 Å². The molecule has 0 aliphatic carbocycles. The van der Waals surface area contributed by atoms with Crippen LogP contribution in [0.2, 0.25) is 0 Å². The summed E-state index contributed by atoms with van der Waals surface area (Å²) in [6, 6.07) is 18.2. The van der Waals surface area contributed by atoms with E-state index >= 15 is 0 Å². The Morgan fingerprint density at radius 2 is 2.00 bits per heavy atom. The van der Waals surface area contributed by atoms with Crippen LogP contribution in [0.5, 0.6) is 5.75 Å². The average molecular weight is 479 g/mol. The van der Waals surface area contributed by atoms with E-state index in [0.29, 0.717) is 0 Å². The Bertz CT molecular complexity index is 1240. The van der Waals surface area contributed by atoms with Gasteiger partial charge in [-0.25, -0.2) is 4.98 Å². The minimum Gasteiger partial charge on any atom is -0.472 e. The van der Waals surface area contributed by atoms with Crippen molar-refractivity contribution in [3.05, 3.63) is 65.3 Å². The van der Waals surface area contributed by atoms with Gasteiger partial charge < -0.3 is 14.4 Å². The lowest BCUT2D eigenvalue weighted by molar-refractivity contribution is -0.0959. The van der Waals surface area contributed by atoms with Gasteiger partial charge in [-0.1, -0.05) is 35.5 Å². The zero-order valence-electron chi connectivity index (χ0n) is 19.7. The van der Waals surface area contributed by atoms with Crippen molar-refractivity contribution < 1.29 is 14.4 Å². The Hall–Kier alpha value is -2.78. The topological polar surface area (TPSA) is 74.9 Å². The monoisotopic (exact) mass is 478 g/mol. The van der Waals surface area contributed by atoms with E-state index in [1.54, 1.807) is 18.3 Å². The van der Waals surface area contributed by atoms with Crippen molar-refractivity contribution in [2.24, 2.45) is 0 Å². The summed E-state index contributed by atoms with van der Waals surface area (Å²) in [5.74, 6) is 1.52. The molecule has 34 heavy (non-hydrogen) atoms. The molecule has 1 saturated heterocycles. The predicted octanol–water partition coefficient (Wildman–Crippen LogP) is 4.55. The summed E-state index contributed by atoms with van der Waals surface area (Å²) in [6.45, 7) is 9.20. The maximum Gasteiger partial charge on any atom is 0.178 e. The SMILES string of the molecule is Cc1nc2cc(OC([C@H](C)O)N3CCN(Cc4cc(-c5ccccc5)on4)C[C@H]3C)ccc2s1. The fourth-order valence-electron chi connectivity index (χ4n) is 4.60. The molecule has 3 atom stereocenters. The van der Waals surface area contributed by atoms with Gasteiger partial charge in [-0.05, 0) is 32.9 Å². The lowest BCUT2D eigenvalue weighted by atomic mass is 10.1. The minimum atomic E-state index is -0.633. The van der Waals surface area contributed by atoms with Crippen molar-refractivity contribution in [2.75, 3.05) is 19.6 Å². The van der Waals surface area contributed by atoms with Crippen LogP contribution in [0.15, 0.2) is 59.1 Å². The van der Waals surface area contributed by atoms with E-state index in [-0.39, 0.29) is 6.04 Å². The van der Waals surface area contributed by atoms with Gasteiger partial charge in [0, 0.05) is 49.9 Å². The Kier molecular flexibility index (Phi) is 6.65. The van der Waals surface area contributed by atoms with Crippen LogP contribution < -0.4 is 4.74 Å². The van der Waals surface area contributed by atoms with E-state index < -0.39 is 12.3 Å². The van der Waals surface area contributed by atoms with Crippen LogP contribution in [0.3, 0.4) is 0 Å². The summed E-state index contributed by atoms with van der Waals surface area (Å²) in [7, 11) is 0. The average Bonchev–Trinajstić information content (AvgIpc) is 3.43. The number of piperazine rings is 1. The first-order valence-corrected chi connectivity index (χ1v) is 12.5. The molecule has 1 fully saturated rings. The molecule has 178 valence electrons. The number of aromatic nitrogens is 2. The summed E-state index contributed by atoms with van der Waals surface area (Å²) in [5, 5.41) is 15.9. The molecular formula is C26H30N4O3S. The molecule has 1 aliphatic rings. The summed E-state index contributed by atoms with van der Waals surface area (Å²) in [6.07, 6.45) is -1.06.